The van der Waals surface area contributed by atoms with Crippen LogP contribution in [0.15, 0.2) is 17.0 Å². The number of unbranched alkanes of at least 4 members (excludes halogenated alkanes) is 3. The van der Waals surface area contributed by atoms with Crippen molar-refractivity contribution in [2.45, 2.75) is 51.3 Å². The number of benzene rings is 1. The van der Waals surface area contributed by atoms with Crippen molar-refractivity contribution < 1.29 is 9.59 Å². The van der Waals surface area contributed by atoms with Crippen LogP contribution in [-0.2, 0) is 9.59 Å². The van der Waals surface area contributed by atoms with Crippen molar-refractivity contribution in [2.75, 3.05) is 23.1 Å². The Balaban J connectivity index is 2.96. The Labute approximate surface area is 148 Å². The van der Waals surface area contributed by atoms with Crippen molar-refractivity contribution in [2.24, 2.45) is 0 Å². The van der Waals surface area contributed by atoms with E-state index in [1.807, 2.05) is 31.7 Å². The van der Waals surface area contributed by atoms with Gasteiger partial charge in [0.2, 0.25) is 5.91 Å². The Morgan fingerprint density at radius 2 is 2.00 bits per heavy atom. The molecule has 23 heavy (non-hydrogen) atoms. The molecule has 0 atom stereocenters. The summed E-state index contributed by atoms with van der Waals surface area (Å²) in [6.07, 6.45) is 5.70. The molecule has 0 fully saturated rings. The van der Waals surface area contributed by atoms with E-state index >= 15 is 0 Å². The molecule has 0 aliphatic heterocycles. The number of thioether (sulfide) groups is 1. The molecule has 128 valence electrons. The highest BCUT2D eigenvalue weighted by molar-refractivity contribution is 7.99. The largest absolute Gasteiger partial charge is 0.304 e. The second-order valence-electron chi connectivity index (χ2n) is 5.57. The first-order valence-electron chi connectivity index (χ1n) is 8.09. The average Bonchev–Trinajstić information content (AvgIpc) is 2.55. The maximum Gasteiger partial charge on any atom is 0.242 e. The fraction of sp³-hybridized carbons (Fsp3) is 0.556. The van der Waals surface area contributed by atoms with Crippen LogP contribution in [0.3, 0.4) is 0 Å². The first-order chi connectivity index (χ1) is 11.1. The van der Waals surface area contributed by atoms with E-state index in [1.165, 1.54) is 35.5 Å². The van der Waals surface area contributed by atoms with E-state index < -0.39 is 0 Å². The van der Waals surface area contributed by atoms with E-state index in [0.29, 0.717) is 0 Å². The molecule has 0 bridgehead atoms. The second kappa shape index (κ2) is 10.7. The van der Waals surface area contributed by atoms with Crippen LogP contribution in [0, 0.1) is 13.8 Å². The summed E-state index contributed by atoms with van der Waals surface area (Å²) in [5.74, 6) is 0.705. The zero-order chi connectivity index (χ0) is 17.2. The highest BCUT2D eigenvalue weighted by atomic mass is 35.5. The Kier molecular flexibility index (Phi) is 9.34. The molecule has 5 heteroatoms. The minimum absolute atomic E-state index is 0.0395. The number of anilines is 1. The van der Waals surface area contributed by atoms with Gasteiger partial charge >= 0.3 is 0 Å². The van der Waals surface area contributed by atoms with E-state index in [2.05, 4.69) is 13.0 Å². The molecule has 0 saturated carbocycles. The van der Waals surface area contributed by atoms with Crippen molar-refractivity contribution in [3.05, 3.63) is 23.3 Å². The molecular weight excluding hydrogens is 330 g/mol. The van der Waals surface area contributed by atoms with Gasteiger partial charge in [-0.2, -0.15) is 0 Å². The number of carbonyl (C=O) groups is 2. The summed E-state index contributed by atoms with van der Waals surface area (Å²) in [5.41, 5.74) is 2.85. The standard InChI is InChI=1S/C18H26ClNO2S/c1-4-5-6-7-12-23-16-9-8-14(2)18(15(16)3)20(10-11-21)17(22)13-19/h8-9,11H,4-7,10,12-13H2,1-3H3. The highest BCUT2D eigenvalue weighted by Crippen LogP contribution is 2.33. The van der Waals surface area contributed by atoms with Crippen LogP contribution in [0.5, 0.6) is 0 Å². The van der Waals surface area contributed by atoms with Gasteiger partial charge in [-0.05, 0) is 43.2 Å². The maximum atomic E-state index is 12.1. The molecule has 0 spiro atoms. The number of nitrogens with zero attached hydrogens (tertiary/aromatic N) is 1. The zero-order valence-electron chi connectivity index (χ0n) is 14.2. The molecule has 1 amide bonds. The Morgan fingerprint density at radius 3 is 2.61 bits per heavy atom. The van der Waals surface area contributed by atoms with Gasteiger partial charge in [0.05, 0.1) is 12.2 Å². The smallest absolute Gasteiger partial charge is 0.242 e. The minimum Gasteiger partial charge on any atom is -0.304 e. The van der Waals surface area contributed by atoms with Crippen LogP contribution >= 0.6 is 23.4 Å². The number of hydrogen-bond donors (Lipinski definition) is 0. The lowest BCUT2D eigenvalue weighted by atomic mass is 10.1. The van der Waals surface area contributed by atoms with Gasteiger partial charge in [-0.15, -0.1) is 23.4 Å². The van der Waals surface area contributed by atoms with Gasteiger partial charge in [-0.3, -0.25) is 4.79 Å². The molecule has 1 aromatic rings. The van der Waals surface area contributed by atoms with Gasteiger partial charge in [-0.1, -0.05) is 32.3 Å². The van der Waals surface area contributed by atoms with Crippen molar-refractivity contribution in [3.63, 3.8) is 0 Å². The Morgan fingerprint density at radius 1 is 1.26 bits per heavy atom. The van der Waals surface area contributed by atoms with Crippen molar-refractivity contribution in [1.29, 1.82) is 0 Å². The molecule has 0 aromatic heterocycles. The molecule has 0 saturated heterocycles. The van der Waals surface area contributed by atoms with E-state index in [-0.39, 0.29) is 18.3 Å². The number of alkyl halides is 1. The number of carbonyl (C=O) groups excluding carboxylic acids is 2. The summed E-state index contributed by atoms with van der Waals surface area (Å²) >= 11 is 7.51. The molecule has 0 N–H and O–H groups in total. The molecule has 0 heterocycles. The van der Waals surface area contributed by atoms with Crippen LogP contribution < -0.4 is 4.90 Å². The Hall–Kier alpha value is -1.00. The van der Waals surface area contributed by atoms with Crippen LogP contribution in [-0.4, -0.2) is 30.4 Å². The zero-order valence-corrected chi connectivity index (χ0v) is 15.8. The van der Waals surface area contributed by atoms with Gasteiger partial charge in [0, 0.05) is 4.90 Å². The summed E-state index contributed by atoms with van der Waals surface area (Å²) < 4.78 is 0. The number of halogens is 1. The summed E-state index contributed by atoms with van der Waals surface area (Å²) in [7, 11) is 0. The van der Waals surface area contributed by atoms with Gasteiger partial charge in [0.25, 0.3) is 0 Å². The number of rotatable bonds is 10. The predicted octanol–water partition coefficient (Wildman–Crippen LogP) is 4.75. The lowest BCUT2D eigenvalue weighted by molar-refractivity contribution is -0.117. The molecule has 0 radical (unpaired) electrons. The molecule has 0 unspecified atom stereocenters. The lowest BCUT2D eigenvalue weighted by Crippen LogP contribution is -2.34. The van der Waals surface area contributed by atoms with Crippen LogP contribution in [0.2, 0.25) is 0 Å². The first kappa shape index (κ1) is 20.0. The third-order valence-electron chi connectivity index (χ3n) is 3.78. The third-order valence-corrected chi connectivity index (χ3v) is 5.26. The van der Waals surface area contributed by atoms with Gasteiger partial charge in [0.1, 0.15) is 12.2 Å². The van der Waals surface area contributed by atoms with E-state index in [1.54, 1.807) is 0 Å². The quantitative estimate of drug-likeness (QED) is 0.263. The van der Waals surface area contributed by atoms with Crippen molar-refractivity contribution in [3.8, 4) is 0 Å². The van der Waals surface area contributed by atoms with Crippen molar-refractivity contribution >= 4 is 41.2 Å². The van der Waals surface area contributed by atoms with E-state index in [0.717, 1.165) is 28.9 Å². The summed E-state index contributed by atoms with van der Waals surface area (Å²) in [6.45, 7) is 6.21. The molecule has 1 rings (SSSR count). The molecular formula is C18H26ClNO2S. The molecule has 1 aromatic carbocycles. The average molecular weight is 356 g/mol. The van der Waals surface area contributed by atoms with Gasteiger partial charge < -0.3 is 9.69 Å². The van der Waals surface area contributed by atoms with Crippen LogP contribution in [0.1, 0.15) is 43.7 Å². The maximum absolute atomic E-state index is 12.1. The monoisotopic (exact) mass is 355 g/mol. The molecule has 0 aliphatic rings. The summed E-state index contributed by atoms with van der Waals surface area (Å²) in [5, 5.41) is 0. The number of aldehydes is 1. The number of aryl methyl sites for hydroxylation is 1. The van der Waals surface area contributed by atoms with Gasteiger partial charge in [0.15, 0.2) is 0 Å². The fourth-order valence-electron chi connectivity index (χ4n) is 2.56. The molecule has 3 nitrogen and oxygen atoms in total. The topological polar surface area (TPSA) is 37.4 Å². The summed E-state index contributed by atoms with van der Waals surface area (Å²) in [4.78, 5) is 25.7. The number of hydrogen-bond acceptors (Lipinski definition) is 3. The molecule has 0 aliphatic carbocycles. The first-order valence-corrected chi connectivity index (χ1v) is 9.61. The minimum atomic E-state index is -0.241. The van der Waals surface area contributed by atoms with E-state index in [4.69, 9.17) is 11.6 Å². The lowest BCUT2D eigenvalue weighted by Gasteiger charge is -2.25. The van der Waals surface area contributed by atoms with Gasteiger partial charge in [-0.25, -0.2) is 0 Å². The SMILES string of the molecule is CCCCCCSc1ccc(C)c(N(CC=O)C(=O)CCl)c1C. The normalized spacial score (nSPS) is 10.6. The Bertz CT molecular complexity index is 534. The fourth-order valence-corrected chi connectivity index (χ4v) is 3.75. The van der Waals surface area contributed by atoms with E-state index in [9.17, 15) is 9.59 Å². The number of amides is 1. The summed E-state index contributed by atoms with van der Waals surface area (Å²) in [6, 6.07) is 4.11. The highest BCUT2D eigenvalue weighted by Gasteiger charge is 2.20. The third kappa shape index (κ3) is 5.85. The van der Waals surface area contributed by atoms with Crippen LogP contribution in [0.4, 0.5) is 5.69 Å². The van der Waals surface area contributed by atoms with Crippen LogP contribution in [0.25, 0.3) is 0 Å². The predicted molar refractivity (Wildman–Crippen MR) is 99.9 cm³/mol. The second-order valence-corrected chi connectivity index (χ2v) is 6.97. The van der Waals surface area contributed by atoms with Crippen molar-refractivity contribution in [1.82, 2.24) is 0 Å².